The molecule has 2 aromatic rings. The van der Waals surface area contributed by atoms with Gasteiger partial charge >= 0.3 is 6.18 Å². The molecule has 1 unspecified atom stereocenters. The Balaban J connectivity index is 0.00000264. The average Bonchev–Trinajstić information content (AvgIpc) is 2.43. The van der Waals surface area contributed by atoms with Gasteiger partial charge in [0.05, 0.1) is 11.1 Å². The monoisotopic (exact) mass is 392 g/mol. The maximum atomic E-state index is 13.9. The number of benzene rings is 1. The summed E-state index contributed by atoms with van der Waals surface area (Å²) in [6, 6.07) is 1.68. The van der Waals surface area contributed by atoms with Crippen molar-refractivity contribution >= 4 is 35.6 Å². The third kappa shape index (κ3) is 4.03. The molecule has 126 valence electrons. The number of pyridine rings is 1. The largest absolute Gasteiger partial charge is 0.434 e. The van der Waals surface area contributed by atoms with Crippen molar-refractivity contribution in [3.05, 3.63) is 62.9 Å². The van der Waals surface area contributed by atoms with Crippen LogP contribution < -0.4 is 5.73 Å². The molecule has 2 N–H and O–H groups in total. The van der Waals surface area contributed by atoms with Gasteiger partial charge < -0.3 is 5.73 Å². The molecule has 2 rings (SSSR count). The molecule has 23 heavy (non-hydrogen) atoms. The molecule has 0 saturated heterocycles. The SMILES string of the molecule is Cl.NC(c1cnc(C(F)(F)F)c(Cl)c1)c1ccc(F)c(Cl)c1F. The van der Waals surface area contributed by atoms with Crippen molar-refractivity contribution in [2.75, 3.05) is 0 Å². The number of aromatic nitrogens is 1. The van der Waals surface area contributed by atoms with E-state index in [9.17, 15) is 22.0 Å². The van der Waals surface area contributed by atoms with Gasteiger partial charge in [-0.2, -0.15) is 13.2 Å². The number of nitrogens with zero attached hydrogens (tertiary/aromatic N) is 1. The fourth-order valence-electron chi connectivity index (χ4n) is 1.79. The zero-order valence-electron chi connectivity index (χ0n) is 11.0. The summed E-state index contributed by atoms with van der Waals surface area (Å²) in [6.07, 6.45) is -3.89. The lowest BCUT2D eigenvalue weighted by Crippen LogP contribution is -2.16. The molecule has 0 bridgehead atoms. The van der Waals surface area contributed by atoms with E-state index in [0.717, 1.165) is 24.4 Å². The van der Waals surface area contributed by atoms with E-state index in [1.54, 1.807) is 0 Å². The maximum absolute atomic E-state index is 13.9. The molecule has 0 radical (unpaired) electrons. The van der Waals surface area contributed by atoms with E-state index >= 15 is 0 Å². The number of halogens is 8. The molecule has 0 fully saturated rings. The van der Waals surface area contributed by atoms with Crippen LogP contribution in [0.1, 0.15) is 22.9 Å². The highest BCUT2D eigenvalue weighted by molar-refractivity contribution is 6.31. The lowest BCUT2D eigenvalue weighted by atomic mass is 10.00. The molecule has 0 aliphatic heterocycles. The highest BCUT2D eigenvalue weighted by atomic mass is 35.5. The van der Waals surface area contributed by atoms with Crippen molar-refractivity contribution in [3.8, 4) is 0 Å². The van der Waals surface area contributed by atoms with Crippen molar-refractivity contribution in [3.63, 3.8) is 0 Å². The van der Waals surface area contributed by atoms with Crippen molar-refractivity contribution in [2.45, 2.75) is 12.2 Å². The Morgan fingerprint density at radius 3 is 2.26 bits per heavy atom. The predicted molar refractivity (Wildman–Crippen MR) is 78.9 cm³/mol. The topological polar surface area (TPSA) is 38.9 Å². The molecule has 2 nitrogen and oxygen atoms in total. The number of nitrogens with two attached hydrogens (primary N) is 1. The normalized spacial score (nSPS) is 12.7. The van der Waals surface area contributed by atoms with E-state index in [1.807, 2.05) is 0 Å². The molecule has 0 spiro atoms. The second-order valence-electron chi connectivity index (χ2n) is 4.34. The van der Waals surface area contributed by atoms with E-state index < -0.39 is 39.6 Å². The van der Waals surface area contributed by atoms with Crippen molar-refractivity contribution in [1.29, 1.82) is 0 Å². The van der Waals surface area contributed by atoms with Crippen molar-refractivity contribution in [1.82, 2.24) is 4.98 Å². The van der Waals surface area contributed by atoms with Crippen LogP contribution in [-0.2, 0) is 6.18 Å². The molecule has 1 aromatic heterocycles. The van der Waals surface area contributed by atoms with E-state index in [1.165, 1.54) is 0 Å². The van der Waals surface area contributed by atoms with Gasteiger partial charge in [0.25, 0.3) is 0 Å². The fourth-order valence-corrected chi connectivity index (χ4v) is 2.25. The van der Waals surface area contributed by atoms with Gasteiger partial charge in [-0.3, -0.25) is 0 Å². The first-order valence-electron chi connectivity index (χ1n) is 5.74. The molecular formula is C13H8Cl3F5N2. The van der Waals surface area contributed by atoms with Crippen LogP contribution in [0.25, 0.3) is 0 Å². The first-order valence-corrected chi connectivity index (χ1v) is 6.50. The Kier molecular flexibility index (Phi) is 6.20. The van der Waals surface area contributed by atoms with Gasteiger partial charge in [-0.1, -0.05) is 29.3 Å². The summed E-state index contributed by atoms with van der Waals surface area (Å²) >= 11 is 11.0. The van der Waals surface area contributed by atoms with Gasteiger partial charge in [0.15, 0.2) is 5.69 Å². The fraction of sp³-hybridized carbons (Fsp3) is 0.154. The predicted octanol–water partition coefficient (Wildman–Crippen LogP) is 5.16. The van der Waals surface area contributed by atoms with Crippen LogP contribution in [0.3, 0.4) is 0 Å². The smallest absolute Gasteiger partial charge is 0.320 e. The average molecular weight is 394 g/mol. The van der Waals surface area contributed by atoms with Crippen LogP contribution in [0.2, 0.25) is 10.0 Å². The number of hydrogen-bond acceptors (Lipinski definition) is 2. The number of alkyl halides is 3. The van der Waals surface area contributed by atoms with Crippen LogP contribution >= 0.6 is 35.6 Å². The third-order valence-electron chi connectivity index (χ3n) is 2.89. The second-order valence-corrected chi connectivity index (χ2v) is 5.12. The minimum absolute atomic E-state index is 0. The molecule has 1 aromatic carbocycles. The zero-order chi connectivity index (χ0) is 16.7. The van der Waals surface area contributed by atoms with Gasteiger partial charge in [-0.25, -0.2) is 13.8 Å². The molecule has 10 heteroatoms. The van der Waals surface area contributed by atoms with Crippen LogP contribution in [-0.4, -0.2) is 4.98 Å². The van der Waals surface area contributed by atoms with Gasteiger partial charge in [0.1, 0.15) is 16.7 Å². The Labute approximate surface area is 143 Å². The minimum atomic E-state index is -4.72. The lowest BCUT2D eigenvalue weighted by molar-refractivity contribution is -0.141. The Hall–Kier alpha value is -1.15. The quantitative estimate of drug-likeness (QED) is 0.566. The van der Waals surface area contributed by atoms with Crippen LogP contribution in [0.4, 0.5) is 22.0 Å². The lowest BCUT2D eigenvalue weighted by Gasteiger charge is -2.16. The molecule has 0 aliphatic carbocycles. The van der Waals surface area contributed by atoms with Crippen molar-refractivity contribution < 1.29 is 22.0 Å². The summed E-state index contributed by atoms with van der Waals surface area (Å²) in [6.45, 7) is 0. The summed E-state index contributed by atoms with van der Waals surface area (Å²) in [4.78, 5) is 3.20. The summed E-state index contributed by atoms with van der Waals surface area (Å²) < 4.78 is 64.7. The molecular weight excluding hydrogens is 386 g/mol. The van der Waals surface area contributed by atoms with Gasteiger partial charge in [0, 0.05) is 11.8 Å². The van der Waals surface area contributed by atoms with Crippen LogP contribution in [0.15, 0.2) is 24.4 Å². The minimum Gasteiger partial charge on any atom is -0.320 e. The van der Waals surface area contributed by atoms with Gasteiger partial charge in [-0.05, 0) is 17.7 Å². The molecule has 1 atom stereocenters. The Bertz CT molecular complexity index is 721. The van der Waals surface area contributed by atoms with E-state index in [4.69, 9.17) is 28.9 Å². The standard InChI is InChI=1S/C13H7Cl2F5N2.ClH/c14-7-3-5(4-22-12(7)13(18,19)20)11(21)6-1-2-8(16)9(15)10(6)17;/h1-4,11H,21H2;1H. The van der Waals surface area contributed by atoms with Crippen LogP contribution in [0.5, 0.6) is 0 Å². The van der Waals surface area contributed by atoms with Gasteiger partial charge in [0.2, 0.25) is 0 Å². The summed E-state index contributed by atoms with van der Waals surface area (Å²) in [5.74, 6) is -2.07. The summed E-state index contributed by atoms with van der Waals surface area (Å²) in [7, 11) is 0. The molecule has 0 saturated carbocycles. The first kappa shape index (κ1) is 19.9. The molecule has 0 amide bonds. The molecule has 1 heterocycles. The van der Waals surface area contributed by atoms with Crippen LogP contribution in [0, 0.1) is 11.6 Å². The Morgan fingerprint density at radius 1 is 1.13 bits per heavy atom. The Morgan fingerprint density at radius 2 is 1.74 bits per heavy atom. The summed E-state index contributed by atoms with van der Waals surface area (Å²) in [5, 5.41) is -1.42. The highest BCUT2D eigenvalue weighted by Gasteiger charge is 2.35. The first-order chi connectivity index (χ1) is 10.1. The van der Waals surface area contributed by atoms with E-state index in [0.29, 0.717) is 0 Å². The van der Waals surface area contributed by atoms with E-state index in [2.05, 4.69) is 4.98 Å². The molecule has 0 aliphatic rings. The van der Waals surface area contributed by atoms with Crippen molar-refractivity contribution in [2.24, 2.45) is 5.73 Å². The number of hydrogen-bond donors (Lipinski definition) is 1. The third-order valence-corrected chi connectivity index (χ3v) is 3.52. The summed E-state index contributed by atoms with van der Waals surface area (Å²) in [5.41, 5.74) is 4.32. The maximum Gasteiger partial charge on any atom is 0.434 e. The van der Waals surface area contributed by atoms with E-state index in [-0.39, 0.29) is 23.5 Å². The zero-order valence-corrected chi connectivity index (χ0v) is 13.3. The second kappa shape index (κ2) is 7.17. The highest BCUT2D eigenvalue weighted by Crippen LogP contribution is 2.35. The number of rotatable bonds is 2. The van der Waals surface area contributed by atoms with Gasteiger partial charge in [-0.15, -0.1) is 12.4 Å².